The summed E-state index contributed by atoms with van der Waals surface area (Å²) in [6, 6.07) is 6.14. The molecule has 2 saturated heterocycles. The van der Waals surface area contributed by atoms with Crippen molar-refractivity contribution in [2.24, 2.45) is 11.8 Å². The minimum atomic E-state index is -3.58. The van der Waals surface area contributed by atoms with Crippen LogP contribution in [0.5, 0.6) is 0 Å². The zero-order valence-corrected chi connectivity index (χ0v) is 20.0. The Hall–Kier alpha value is -1.68. The number of nitrogens with one attached hydrogen (secondary N) is 1. The summed E-state index contributed by atoms with van der Waals surface area (Å²) in [4.78, 5) is 27.3. The number of ether oxygens (including phenoxy) is 1. The number of carbonyl (C=O) groups is 2. The zero-order valence-electron chi connectivity index (χ0n) is 18.5. The van der Waals surface area contributed by atoms with Crippen LogP contribution in [-0.2, 0) is 24.3 Å². The third-order valence-electron chi connectivity index (χ3n) is 6.26. The predicted molar refractivity (Wildman–Crippen MR) is 122 cm³/mol. The molecule has 1 aromatic rings. The lowest BCUT2D eigenvalue weighted by Crippen LogP contribution is -2.48. The molecule has 2 aliphatic rings. The van der Waals surface area contributed by atoms with Crippen LogP contribution in [-0.4, -0.2) is 75.9 Å². The van der Waals surface area contributed by atoms with Crippen LogP contribution in [0.1, 0.15) is 32.1 Å². The van der Waals surface area contributed by atoms with E-state index in [1.807, 2.05) is 4.90 Å². The van der Waals surface area contributed by atoms with E-state index in [2.05, 4.69) is 5.32 Å². The van der Waals surface area contributed by atoms with Crippen LogP contribution in [0.4, 0.5) is 0 Å². The van der Waals surface area contributed by atoms with Gasteiger partial charge in [-0.05, 0) is 56.4 Å². The highest BCUT2D eigenvalue weighted by Crippen LogP contribution is 2.27. The Morgan fingerprint density at radius 2 is 1.62 bits per heavy atom. The first-order valence-electron chi connectivity index (χ1n) is 11.1. The molecule has 0 bridgehead atoms. The average molecular weight is 486 g/mol. The van der Waals surface area contributed by atoms with E-state index in [4.69, 9.17) is 16.3 Å². The molecule has 0 spiro atoms. The van der Waals surface area contributed by atoms with Gasteiger partial charge in [0.05, 0.1) is 4.90 Å². The molecule has 0 radical (unpaired) electrons. The van der Waals surface area contributed by atoms with Gasteiger partial charge in [-0.2, -0.15) is 4.31 Å². The predicted octanol–water partition coefficient (Wildman–Crippen LogP) is 2.13. The van der Waals surface area contributed by atoms with Crippen molar-refractivity contribution >= 4 is 33.4 Å². The molecule has 2 heterocycles. The maximum Gasteiger partial charge on any atom is 0.243 e. The lowest BCUT2D eigenvalue weighted by molar-refractivity contribution is -0.140. The molecule has 1 aromatic carbocycles. The van der Waals surface area contributed by atoms with E-state index in [0.29, 0.717) is 70.0 Å². The minimum Gasteiger partial charge on any atom is -0.385 e. The number of likely N-dealkylation sites (tertiary alicyclic amines) is 1. The lowest BCUT2D eigenvalue weighted by atomic mass is 9.92. The second kappa shape index (κ2) is 11.4. The smallest absolute Gasteiger partial charge is 0.243 e. The number of sulfonamides is 1. The topological polar surface area (TPSA) is 96.0 Å². The van der Waals surface area contributed by atoms with Crippen molar-refractivity contribution in [1.29, 1.82) is 0 Å². The molecular formula is C22H32ClN3O5S. The lowest BCUT2D eigenvalue weighted by Gasteiger charge is -2.36. The van der Waals surface area contributed by atoms with Crippen molar-refractivity contribution in [1.82, 2.24) is 14.5 Å². The van der Waals surface area contributed by atoms with E-state index in [0.717, 1.165) is 6.42 Å². The number of rotatable bonds is 8. The molecule has 1 N–H and O–H groups in total. The maximum absolute atomic E-state index is 13.0. The first-order chi connectivity index (χ1) is 15.3. The van der Waals surface area contributed by atoms with Gasteiger partial charge in [0.25, 0.3) is 0 Å². The molecule has 2 aliphatic heterocycles. The minimum absolute atomic E-state index is 0.0499. The summed E-state index contributed by atoms with van der Waals surface area (Å²) in [7, 11) is -1.95. The van der Waals surface area contributed by atoms with Crippen molar-refractivity contribution in [3.63, 3.8) is 0 Å². The van der Waals surface area contributed by atoms with Crippen LogP contribution in [0.25, 0.3) is 0 Å². The SMILES string of the molecule is COCCCNC(=O)C1CCN(C(=O)C2CCN(S(=O)(=O)c3ccc(Cl)cc3)CC2)CC1. The molecule has 2 amide bonds. The van der Waals surface area contributed by atoms with Crippen molar-refractivity contribution in [3.8, 4) is 0 Å². The van der Waals surface area contributed by atoms with Crippen molar-refractivity contribution < 1.29 is 22.7 Å². The number of piperidine rings is 2. The second-order valence-corrected chi connectivity index (χ2v) is 10.7. The van der Waals surface area contributed by atoms with Gasteiger partial charge in [0.2, 0.25) is 21.8 Å². The fraction of sp³-hybridized carbons (Fsp3) is 0.636. The monoisotopic (exact) mass is 485 g/mol. The molecule has 3 rings (SSSR count). The molecule has 0 saturated carbocycles. The third kappa shape index (κ3) is 6.21. The first kappa shape index (κ1) is 25.0. The highest BCUT2D eigenvalue weighted by molar-refractivity contribution is 7.89. The summed E-state index contributed by atoms with van der Waals surface area (Å²) in [5, 5.41) is 3.42. The zero-order chi connectivity index (χ0) is 23.1. The molecule has 0 unspecified atom stereocenters. The van der Waals surface area contributed by atoms with Crippen LogP contribution in [0.2, 0.25) is 5.02 Å². The fourth-order valence-corrected chi connectivity index (χ4v) is 5.89. The van der Waals surface area contributed by atoms with Gasteiger partial charge < -0.3 is 15.0 Å². The van der Waals surface area contributed by atoms with E-state index >= 15 is 0 Å². The molecule has 8 nitrogen and oxygen atoms in total. The summed E-state index contributed by atoms with van der Waals surface area (Å²) < 4.78 is 32.1. The third-order valence-corrected chi connectivity index (χ3v) is 8.42. The van der Waals surface area contributed by atoms with Gasteiger partial charge in [0.15, 0.2) is 0 Å². The van der Waals surface area contributed by atoms with Gasteiger partial charge in [0.1, 0.15) is 0 Å². The van der Waals surface area contributed by atoms with Crippen LogP contribution in [0, 0.1) is 11.8 Å². The largest absolute Gasteiger partial charge is 0.385 e. The van der Waals surface area contributed by atoms with Gasteiger partial charge in [-0.1, -0.05) is 11.6 Å². The Labute approximate surface area is 195 Å². The number of carbonyl (C=O) groups excluding carboxylic acids is 2. The van der Waals surface area contributed by atoms with E-state index in [1.54, 1.807) is 19.2 Å². The Bertz CT molecular complexity index is 877. The van der Waals surface area contributed by atoms with Crippen LogP contribution in [0.15, 0.2) is 29.2 Å². The Morgan fingerprint density at radius 3 is 2.22 bits per heavy atom. The van der Waals surface area contributed by atoms with Crippen LogP contribution >= 0.6 is 11.6 Å². The second-order valence-electron chi connectivity index (χ2n) is 8.37. The normalized spacial score (nSPS) is 19.1. The number of hydrogen-bond acceptors (Lipinski definition) is 5. The molecule has 10 heteroatoms. The maximum atomic E-state index is 13.0. The molecular weight excluding hydrogens is 454 g/mol. The van der Waals surface area contributed by atoms with Crippen molar-refractivity contribution in [2.75, 3.05) is 46.4 Å². The standard InChI is InChI=1S/C22H32ClN3O5S/c1-31-16-2-11-24-21(27)17-7-12-25(13-8-17)22(28)18-9-14-26(15-10-18)32(29,30)20-5-3-19(23)4-6-20/h3-6,17-18H,2,7-16H2,1H3,(H,24,27). The Morgan fingerprint density at radius 1 is 1.03 bits per heavy atom. The molecule has 2 fully saturated rings. The van der Waals surface area contributed by atoms with Crippen molar-refractivity contribution in [3.05, 3.63) is 29.3 Å². The summed E-state index contributed by atoms with van der Waals surface area (Å²) in [5.41, 5.74) is 0. The number of hydrogen-bond donors (Lipinski definition) is 1. The number of benzene rings is 1. The van der Waals surface area contributed by atoms with E-state index in [1.165, 1.54) is 16.4 Å². The van der Waals surface area contributed by atoms with Gasteiger partial charge in [-0.15, -0.1) is 0 Å². The summed E-state index contributed by atoms with van der Waals surface area (Å²) in [6.07, 6.45) is 3.11. The van der Waals surface area contributed by atoms with Gasteiger partial charge >= 0.3 is 0 Å². The van der Waals surface area contributed by atoms with Crippen LogP contribution < -0.4 is 5.32 Å². The highest BCUT2D eigenvalue weighted by Gasteiger charge is 2.35. The van der Waals surface area contributed by atoms with Gasteiger partial charge in [-0.3, -0.25) is 9.59 Å². The fourth-order valence-electron chi connectivity index (χ4n) is 4.29. The van der Waals surface area contributed by atoms with Gasteiger partial charge in [0, 0.05) is 63.3 Å². The van der Waals surface area contributed by atoms with Crippen molar-refractivity contribution in [2.45, 2.75) is 37.0 Å². The summed E-state index contributed by atoms with van der Waals surface area (Å²) in [5.74, 6) is -0.111. The quantitative estimate of drug-likeness (QED) is 0.569. The number of amides is 2. The van der Waals surface area contributed by atoms with E-state index < -0.39 is 10.0 Å². The molecule has 0 aromatic heterocycles. The summed E-state index contributed by atoms with van der Waals surface area (Å²) in [6.45, 7) is 3.00. The Kier molecular flexibility index (Phi) is 8.93. The number of halogens is 1. The average Bonchev–Trinajstić information content (AvgIpc) is 2.82. The van der Waals surface area contributed by atoms with Gasteiger partial charge in [-0.25, -0.2) is 8.42 Å². The molecule has 178 valence electrons. The van der Waals surface area contributed by atoms with E-state index in [9.17, 15) is 18.0 Å². The highest BCUT2D eigenvalue weighted by atomic mass is 35.5. The first-order valence-corrected chi connectivity index (χ1v) is 13.0. The van der Waals surface area contributed by atoms with Crippen LogP contribution in [0.3, 0.4) is 0 Å². The number of methoxy groups -OCH3 is 1. The molecule has 32 heavy (non-hydrogen) atoms. The summed E-state index contributed by atoms with van der Waals surface area (Å²) >= 11 is 5.86. The Balaban J connectivity index is 1.45. The number of nitrogens with zero attached hydrogens (tertiary/aromatic N) is 2. The molecule has 0 aliphatic carbocycles. The van der Waals surface area contributed by atoms with E-state index in [-0.39, 0.29) is 28.5 Å². The molecule has 0 atom stereocenters.